The second-order valence-corrected chi connectivity index (χ2v) is 7.79. The van der Waals surface area contributed by atoms with Crippen molar-refractivity contribution in [3.05, 3.63) is 40.4 Å². The van der Waals surface area contributed by atoms with Gasteiger partial charge >= 0.3 is 0 Å². The third-order valence-electron chi connectivity index (χ3n) is 4.77. The Morgan fingerprint density at radius 2 is 1.56 bits per heavy atom. The van der Waals surface area contributed by atoms with Gasteiger partial charge in [0.15, 0.2) is 0 Å². The molecule has 0 saturated carbocycles. The highest BCUT2D eigenvalue weighted by Gasteiger charge is 2.11. The number of benzene rings is 1. The van der Waals surface area contributed by atoms with Gasteiger partial charge in [-0.2, -0.15) is 0 Å². The van der Waals surface area contributed by atoms with Crippen LogP contribution in [0.4, 0.5) is 5.13 Å². The zero-order valence-corrected chi connectivity index (χ0v) is 16.0. The van der Waals surface area contributed by atoms with Gasteiger partial charge in [0.05, 0.1) is 12.8 Å². The van der Waals surface area contributed by atoms with Crippen LogP contribution in [0.3, 0.4) is 0 Å². The van der Waals surface area contributed by atoms with E-state index >= 15 is 0 Å². The smallest absolute Gasteiger partial charge is 0.209 e. The normalized spacial score (nSPS) is 16.8. The van der Waals surface area contributed by atoms with E-state index in [4.69, 9.17) is 9.72 Å². The maximum atomic E-state index is 5.19. The Morgan fingerprint density at radius 1 is 0.920 bits per heavy atom. The summed E-state index contributed by atoms with van der Waals surface area (Å²) in [6.07, 6.45) is 15.0. The van der Waals surface area contributed by atoms with Crippen LogP contribution in [0, 0.1) is 0 Å². The summed E-state index contributed by atoms with van der Waals surface area (Å²) in [6, 6.07) is 7.96. The highest BCUT2D eigenvalue weighted by molar-refractivity contribution is 7.15. The van der Waals surface area contributed by atoms with Gasteiger partial charge in [-0.25, -0.2) is 9.98 Å². The first-order chi connectivity index (χ1) is 12.3. The molecule has 0 radical (unpaired) electrons. The van der Waals surface area contributed by atoms with Crippen LogP contribution in [-0.4, -0.2) is 18.3 Å². The van der Waals surface area contributed by atoms with Crippen molar-refractivity contribution in [1.29, 1.82) is 0 Å². The van der Waals surface area contributed by atoms with Crippen LogP contribution >= 0.6 is 11.3 Å². The molecule has 25 heavy (non-hydrogen) atoms. The van der Waals surface area contributed by atoms with Crippen molar-refractivity contribution in [3.63, 3.8) is 0 Å². The first kappa shape index (κ1) is 18.1. The molecule has 0 atom stereocenters. The number of rotatable bonds is 3. The lowest BCUT2D eigenvalue weighted by Crippen LogP contribution is -1.94. The van der Waals surface area contributed by atoms with E-state index in [-0.39, 0.29) is 0 Å². The Bertz CT molecular complexity index is 646. The van der Waals surface area contributed by atoms with E-state index in [1.54, 1.807) is 18.4 Å². The maximum absolute atomic E-state index is 5.19. The zero-order chi connectivity index (χ0) is 17.3. The van der Waals surface area contributed by atoms with Crippen molar-refractivity contribution in [2.45, 2.75) is 64.2 Å². The monoisotopic (exact) mass is 356 g/mol. The van der Waals surface area contributed by atoms with E-state index in [2.05, 4.69) is 4.99 Å². The minimum atomic E-state index is 0.869. The third-order valence-corrected chi connectivity index (χ3v) is 5.84. The van der Waals surface area contributed by atoms with Crippen molar-refractivity contribution < 1.29 is 4.74 Å². The van der Waals surface area contributed by atoms with Gasteiger partial charge in [-0.15, -0.1) is 0 Å². The standard InChI is InChI=1S/C21H28N2OS/c1-24-18-14-12-17(13-15-18)16-22-21-23-19-10-8-6-4-2-3-5-7-9-11-20(19)25-21/h12-16H,2-11H2,1H3/b22-16+. The molecule has 3 nitrogen and oxygen atoms in total. The quantitative estimate of drug-likeness (QED) is 0.621. The summed E-state index contributed by atoms with van der Waals surface area (Å²) in [4.78, 5) is 10.9. The molecule has 2 aromatic rings. The van der Waals surface area contributed by atoms with Crippen LogP contribution in [0.5, 0.6) is 5.75 Å². The predicted octanol–water partition coefficient (Wildman–Crippen LogP) is 6.12. The molecule has 0 amide bonds. The number of methoxy groups -OCH3 is 1. The number of hydrogen-bond donors (Lipinski definition) is 0. The molecule has 0 N–H and O–H groups in total. The highest BCUT2D eigenvalue weighted by Crippen LogP contribution is 2.29. The van der Waals surface area contributed by atoms with Gasteiger partial charge in [0, 0.05) is 11.1 Å². The molecule has 0 unspecified atom stereocenters. The zero-order valence-electron chi connectivity index (χ0n) is 15.2. The fourth-order valence-electron chi connectivity index (χ4n) is 3.27. The summed E-state index contributed by atoms with van der Waals surface area (Å²) in [5.41, 5.74) is 2.37. The molecule has 4 heteroatoms. The van der Waals surface area contributed by atoms with Crippen molar-refractivity contribution in [1.82, 2.24) is 4.98 Å². The van der Waals surface area contributed by atoms with Crippen molar-refractivity contribution in [2.75, 3.05) is 7.11 Å². The summed E-state index contributed by atoms with van der Waals surface area (Å²) in [5, 5.41) is 0.899. The van der Waals surface area contributed by atoms with E-state index in [1.807, 2.05) is 30.5 Å². The maximum Gasteiger partial charge on any atom is 0.209 e. The van der Waals surface area contributed by atoms with Crippen LogP contribution in [0.1, 0.15) is 67.5 Å². The Hall–Kier alpha value is -1.68. The fraction of sp³-hybridized carbons (Fsp3) is 0.524. The molecule has 1 aromatic carbocycles. The van der Waals surface area contributed by atoms with Crippen molar-refractivity contribution in [2.24, 2.45) is 4.99 Å². The summed E-state index contributed by atoms with van der Waals surface area (Å²) in [6.45, 7) is 0. The average Bonchev–Trinajstić information content (AvgIpc) is 3.02. The third kappa shape index (κ3) is 5.67. The van der Waals surface area contributed by atoms with Crippen LogP contribution in [0.2, 0.25) is 0 Å². The minimum Gasteiger partial charge on any atom is -0.497 e. The van der Waals surface area contributed by atoms with Crippen LogP contribution in [-0.2, 0) is 12.8 Å². The molecule has 3 rings (SSSR count). The number of hydrogen-bond acceptors (Lipinski definition) is 4. The molecule has 0 fully saturated rings. The number of aryl methyl sites for hydroxylation is 2. The molecule has 134 valence electrons. The fourth-order valence-corrected chi connectivity index (χ4v) is 4.27. The summed E-state index contributed by atoms with van der Waals surface area (Å²) in [5.74, 6) is 0.869. The average molecular weight is 357 g/mol. The molecule has 0 bridgehead atoms. The van der Waals surface area contributed by atoms with Gasteiger partial charge in [-0.1, -0.05) is 49.9 Å². The van der Waals surface area contributed by atoms with Crippen LogP contribution in [0.15, 0.2) is 29.3 Å². The summed E-state index contributed by atoms with van der Waals surface area (Å²) >= 11 is 1.78. The van der Waals surface area contributed by atoms with E-state index in [0.29, 0.717) is 0 Å². The van der Waals surface area contributed by atoms with E-state index in [9.17, 15) is 0 Å². The molecule has 1 aliphatic rings. The van der Waals surface area contributed by atoms with Crippen molar-refractivity contribution >= 4 is 22.7 Å². The lowest BCUT2D eigenvalue weighted by molar-refractivity contribution is 0.415. The topological polar surface area (TPSA) is 34.5 Å². The van der Waals surface area contributed by atoms with E-state index in [1.165, 1.54) is 68.4 Å². The molecule has 1 heterocycles. The Labute approximate surface area is 155 Å². The van der Waals surface area contributed by atoms with Gasteiger partial charge in [0.25, 0.3) is 0 Å². The highest BCUT2D eigenvalue weighted by atomic mass is 32.1. The number of ether oxygens (including phenoxy) is 1. The SMILES string of the molecule is COc1ccc(/C=N/c2nc3c(s2)CCCCCCCCCC3)cc1. The largest absolute Gasteiger partial charge is 0.497 e. The molecule has 0 spiro atoms. The van der Waals surface area contributed by atoms with Gasteiger partial charge < -0.3 is 4.74 Å². The molecule has 1 aromatic heterocycles. The Balaban J connectivity index is 1.69. The van der Waals surface area contributed by atoms with E-state index < -0.39 is 0 Å². The number of aliphatic imine (C=N–C) groups is 1. The molecule has 0 saturated heterocycles. The van der Waals surface area contributed by atoms with Gasteiger partial charge in [-0.3, -0.25) is 0 Å². The predicted molar refractivity (Wildman–Crippen MR) is 107 cm³/mol. The lowest BCUT2D eigenvalue weighted by Gasteiger charge is -2.06. The summed E-state index contributed by atoms with van der Waals surface area (Å²) in [7, 11) is 1.68. The first-order valence-electron chi connectivity index (χ1n) is 9.52. The lowest BCUT2D eigenvalue weighted by atomic mass is 10.0. The van der Waals surface area contributed by atoms with E-state index in [0.717, 1.165) is 22.9 Å². The molecule has 0 aliphatic heterocycles. The number of nitrogens with zero attached hydrogens (tertiary/aromatic N) is 2. The first-order valence-corrected chi connectivity index (χ1v) is 10.3. The van der Waals surface area contributed by atoms with Gasteiger partial charge in [0.2, 0.25) is 5.13 Å². The minimum absolute atomic E-state index is 0.869. The number of aromatic nitrogens is 1. The van der Waals surface area contributed by atoms with Gasteiger partial charge in [-0.05, 0) is 55.5 Å². The molecular weight excluding hydrogens is 328 g/mol. The van der Waals surface area contributed by atoms with Gasteiger partial charge in [0.1, 0.15) is 5.75 Å². The molecule has 1 aliphatic carbocycles. The van der Waals surface area contributed by atoms with Crippen molar-refractivity contribution in [3.8, 4) is 5.75 Å². The van der Waals surface area contributed by atoms with Crippen LogP contribution in [0.25, 0.3) is 0 Å². The summed E-state index contributed by atoms with van der Waals surface area (Å²) < 4.78 is 5.19. The second kappa shape index (κ2) is 9.71. The number of thiazole rings is 1. The number of fused-ring (bicyclic) bond motifs is 1. The Morgan fingerprint density at radius 3 is 2.24 bits per heavy atom. The second-order valence-electron chi connectivity index (χ2n) is 6.73. The molecular formula is C21H28N2OS. The van der Waals surface area contributed by atoms with Crippen LogP contribution < -0.4 is 4.74 Å². The Kier molecular flexibility index (Phi) is 7.04.